The summed E-state index contributed by atoms with van der Waals surface area (Å²) in [7, 11) is 0. The number of benzene rings is 1. The molecule has 2 aromatic heterocycles. The van der Waals surface area contributed by atoms with E-state index in [0.29, 0.717) is 5.95 Å². The van der Waals surface area contributed by atoms with Gasteiger partial charge >= 0.3 is 0 Å². The highest BCUT2D eigenvalue weighted by Crippen LogP contribution is 2.25. The Bertz CT molecular complexity index is 902. The monoisotopic (exact) mass is 361 g/mol. The Kier molecular flexibility index (Phi) is 5.58. The van der Waals surface area contributed by atoms with Crippen LogP contribution in [0.2, 0.25) is 0 Å². The largest absolute Gasteiger partial charge is 0.354 e. The van der Waals surface area contributed by atoms with Crippen molar-refractivity contribution in [1.29, 1.82) is 0 Å². The summed E-state index contributed by atoms with van der Waals surface area (Å²) in [5.41, 5.74) is 4.49. The van der Waals surface area contributed by atoms with Crippen LogP contribution in [0.25, 0.3) is 22.0 Å². The minimum absolute atomic E-state index is 0.717. The fourth-order valence-corrected chi connectivity index (χ4v) is 3.72. The third-order valence-electron chi connectivity index (χ3n) is 5.31. The zero-order valence-electron chi connectivity index (χ0n) is 16.0. The quantitative estimate of drug-likeness (QED) is 0.636. The number of rotatable bonds is 7. The maximum Gasteiger partial charge on any atom is 0.223 e. The number of anilines is 1. The van der Waals surface area contributed by atoms with Crippen molar-refractivity contribution in [2.45, 2.75) is 32.6 Å². The lowest BCUT2D eigenvalue weighted by Crippen LogP contribution is -2.21. The molecule has 0 atom stereocenters. The standard InChI is InChI=1S/C22H27N5/c1-17-8-10-23-16-20(17)18-6-7-21-19(14-18)15-25-22(26-21)24-9-2-3-11-27-12-4-5-13-27/h6-8,10,14-16H,2-5,9,11-13H2,1H3,(H,24,25,26). The molecule has 5 nitrogen and oxygen atoms in total. The Morgan fingerprint density at radius 1 is 1.07 bits per heavy atom. The van der Waals surface area contributed by atoms with E-state index in [0.717, 1.165) is 35.0 Å². The van der Waals surface area contributed by atoms with Gasteiger partial charge in [0.15, 0.2) is 0 Å². The number of pyridine rings is 1. The van der Waals surface area contributed by atoms with E-state index in [1.54, 1.807) is 0 Å². The highest BCUT2D eigenvalue weighted by atomic mass is 15.1. The summed E-state index contributed by atoms with van der Waals surface area (Å²) in [6.07, 6.45) is 10.8. The molecule has 0 aliphatic carbocycles. The third-order valence-corrected chi connectivity index (χ3v) is 5.31. The van der Waals surface area contributed by atoms with Gasteiger partial charge in [0.25, 0.3) is 0 Å². The Morgan fingerprint density at radius 3 is 2.81 bits per heavy atom. The topological polar surface area (TPSA) is 53.9 Å². The van der Waals surface area contributed by atoms with E-state index in [1.165, 1.54) is 44.5 Å². The van der Waals surface area contributed by atoms with Crippen molar-refractivity contribution >= 4 is 16.9 Å². The van der Waals surface area contributed by atoms with E-state index < -0.39 is 0 Å². The molecule has 0 saturated carbocycles. The first kappa shape index (κ1) is 17.9. The van der Waals surface area contributed by atoms with Crippen molar-refractivity contribution in [3.05, 3.63) is 48.4 Å². The number of unbranched alkanes of at least 4 members (excludes halogenated alkanes) is 1. The van der Waals surface area contributed by atoms with Crippen molar-refractivity contribution in [2.75, 3.05) is 31.5 Å². The predicted molar refractivity (Wildman–Crippen MR) is 111 cm³/mol. The van der Waals surface area contributed by atoms with Gasteiger partial charge in [0.2, 0.25) is 5.95 Å². The molecule has 0 bridgehead atoms. The summed E-state index contributed by atoms with van der Waals surface area (Å²) < 4.78 is 0. The van der Waals surface area contributed by atoms with Gasteiger partial charge in [0.05, 0.1) is 5.52 Å². The summed E-state index contributed by atoms with van der Waals surface area (Å²) >= 11 is 0. The third kappa shape index (κ3) is 4.42. The van der Waals surface area contributed by atoms with E-state index in [-0.39, 0.29) is 0 Å². The van der Waals surface area contributed by atoms with Gasteiger partial charge in [-0.25, -0.2) is 9.97 Å². The Morgan fingerprint density at radius 2 is 1.96 bits per heavy atom. The molecule has 1 aromatic carbocycles. The van der Waals surface area contributed by atoms with Crippen molar-refractivity contribution in [1.82, 2.24) is 19.9 Å². The number of hydrogen-bond acceptors (Lipinski definition) is 5. The van der Waals surface area contributed by atoms with E-state index >= 15 is 0 Å². The highest BCUT2D eigenvalue weighted by Gasteiger charge is 2.10. The van der Waals surface area contributed by atoms with Gasteiger partial charge in [-0.05, 0) is 81.6 Å². The maximum atomic E-state index is 4.66. The molecule has 0 amide bonds. The molecule has 0 spiro atoms. The fourth-order valence-electron chi connectivity index (χ4n) is 3.72. The van der Waals surface area contributed by atoms with Gasteiger partial charge in [0.1, 0.15) is 0 Å². The van der Waals surface area contributed by atoms with Crippen LogP contribution in [-0.4, -0.2) is 46.0 Å². The molecule has 1 N–H and O–H groups in total. The summed E-state index contributed by atoms with van der Waals surface area (Å²) in [5.74, 6) is 0.717. The van der Waals surface area contributed by atoms with Gasteiger partial charge < -0.3 is 10.2 Å². The molecule has 27 heavy (non-hydrogen) atoms. The van der Waals surface area contributed by atoms with Crippen molar-refractivity contribution in [3.63, 3.8) is 0 Å². The van der Waals surface area contributed by atoms with E-state index in [2.05, 4.69) is 50.3 Å². The number of aryl methyl sites for hydroxylation is 1. The normalized spacial score (nSPS) is 14.7. The number of fused-ring (bicyclic) bond motifs is 1. The van der Waals surface area contributed by atoms with Crippen molar-refractivity contribution in [2.24, 2.45) is 0 Å². The minimum Gasteiger partial charge on any atom is -0.354 e. The molecule has 5 heteroatoms. The summed E-state index contributed by atoms with van der Waals surface area (Å²) in [6, 6.07) is 8.35. The van der Waals surface area contributed by atoms with Crippen LogP contribution in [0.1, 0.15) is 31.2 Å². The first-order valence-corrected chi connectivity index (χ1v) is 9.94. The van der Waals surface area contributed by atoms with Crippen molar-refractivity contribution in [3.8, 4) is 11.1 Å². The molecule has 3 heterocycles. The number of likely N-dealkylation sites (tertiary alicyclic amines) is 1. The first-order chi connectivity index (χ1) is 13.3. The van der Waals surface area contributed by atoms with Crippen LogP contribution in [-0.2, 0) is 0 Å². The highest BCUT2D eigenvalue weighted by molar-refractivity contribution is 5.85. The Balaban J connectivity index is 1.36. The molecule has 140 valence electrons. The van der Waals surface area contributed by atoms with Crippen molar-refractivity contribution < 1.29 is 0 Å². The summed E-state index contributed by atoms with van der Waals surface area (Å²) in [5, 5.41) is 4.42. The Labute approximate surface area is 160 Å². The molecule has 3 aromatic rings. The zero-order valence-corrected chi connectivity index (χ0v) is 16.0. The average molecular weight is 361 g/mol. The van der Waals surface area contributed by atoms with Crippen LogP contribution >= 0.6 is 0 Å². The van der Waals surface area contributed by atoms with E-state index in [4.69, 9.17) is 0 Å². The summed E-state index contributed by atoms with van der Waals surface area (Å²) in [6.45, 7) is 6.81. The van der Waals surface area contributed by atoms with Gasteiger partial charge in [-0.1, -0.05) is 6.07 Å². The average Bonchev–Trinajstić information content (AvgIpc) is 3.21. The van der Waals surface area contributed by atoms with Crippen LogP contribution in [0.15, 0.2) is 42.9 Å². The lowest BCUT2D eigenvalue weighted by molar-refractivity contribution is 0.331. The van der Waals surface area contributed by atoms with E-state index in [1.807, 2.05) is 24.7 Å². The molecule has 1 saturated heterocycles. The van der Waals surface area contributed by atoms with Crippen LogP contribution in [0.5, 0.6) is 0 Å². The lowest BCUT2D eigenvalue weighted by atomic mass is 10.0. The number of nitrogens with zero attached hydrogens (tertiary/aromatic N) is 4. The van der Waals surface area contributed by atoms with Crippen LogP contribution in [0.4, 0.5) is 5.95 Å². The second-order valence-corrected chi connectivity index (χ2v) is 7.34. The molecule has 4 rings (SSSR count). The Hall–Kier alpha value is -2.53. The molecular formula is C22H27N5. The van der Waals surface area contributed by atoms with E-state index in [9.17, 15) is 0 Å². The van der Waals surface area contributed by atoms with Crippen LogP contribution in [0, 0.1) is 6.92 Å². The maximum absolute atomic E-state index is 4.66. The predicted octanol–water partition coefficient (Wildman–Crippen LogP) is 4.29. The molecule has 0 unspecified atom stereocenters. The SMILES string of the molecule is Cc1ccncc1-c1ccc2nc(NCCCCN3CCCC3)ncc2c1. The molecule has 1 aliphatic rings. The fraction of sp³-hybridized carbons (Fsp3) is 0.409. The van der Waals surface area contributed by atoms with Gasteiger partial charge in [-0.2, -0.15) is 0 Å². The van der Waals surface area contributed by atoms with Gasteiger partial charge in [0, 0.05) is 36.1 Å². The summed E-state index contributed by atoms with van der Waals surface area (Å²) in [4.78, 5) is 16.0. The number of nitrogens with one attached hydrogen (secondary N) is 1. The molecule has 0 radical (unpaired) electrons. The second kappa shape index (κ2) is 8.44. The molecular weight excluding hydrogens is 334 g/mol. The number of hydrogen-bond donors (Lipinski definition) is 1. The number of aromatic nitrogens is 3. The first-order valence-electron chi connectivity index (χ1n) is 9.94. The molecule has 1 aliphatic heterocycles. The smallest absolute Gasteiger partial charge is 0.223 e. The van der Waals surface area contributed by atoms with Gasteiger partial charge in [-0.15, -0.1) is 0 Å². The minimum atomic E-state index is 0.717. The van der Waals surface area contributed by atoms with Crippen LogP contribution in [0.3, 0.4) is 0 Å². The molecule has 1 fully saturated rings. The zero-order chi connectivity index (χ0) is 18.5. The second-order valence-electron chi connectivity index (χ2n) is 7.34. The van der Waals surface area contributed by atoms with Crippen LogP contribution < -0.4 is 5.32 Å². The van der Waals surface area contributed by atoms with Gasteiger partial charge in [-0.3, -0.25) is 4.98 Å². The lowest BCUT2D eigenvalue weighted by Gasteiger charge is -2.14.